The highest BCUT2D eigenvalue weighted by Crippen LogP contribution is 2.38. The molecule has 0 bridgehead atoms. The molecule has 0 saturated heterocycles. The van der Waals surface area contributed by atoms with Crippen LogP contribution in [-0.4, -0.2) is 34.5 Å². The third-order valence-electron chi connectivity index (χ3n) is 5.23. The van der Waals surface area contributed by atoms with Crippen molar-refractivity contribution in [3.8, 4) is 0 Å². The van der Waals surface area contributed by atoms with Gasteiger partial charge in [-0.25, -0.2) is 0 Å². The fourth-order valence-corrected chi connectivity index (χ4v) is 4.56. The van der Waals surface area contributed by atoms with Crippen LogP contribution in [0.5, 0.6) is 0 Å². The molecule has 0 radical (unpaired) electrons. The van der Waals surface area contributed by atoms with Crippen LogP contribution in [0.15, 0.2) is 0 Å². The van der Waals surface area contributed by atoms with Gasteiger partial charge in [-0.15, -0.1) is 0 Å². The van der Waals surface area contributed by atoms with Gasteiger partial charge in [-0.05, 0) is 44.8 Å². The third kappa shape index (κ3) is 4.38. The third-order valence-corrected chi connectivity index (χ3v) is 6.65. The summed E-state index contributed by atoms with van der Waals surface area (Å²) < 4.78 is 0.228. The van der Waals surface area contributed by atoms with Gasteiger partial charge in [0.05, 0.1) is 5.92 Å². The average molecular weight is 313 g/mol. The van der Waals surface area contributed by atoms with Crippen LogP contribution in [0.3, 0.4) is 0 Å². The fourth-order valence-electron chi connectivity index (χ4n) is 3.64. The van der Waals surface area contributed by atoms with Gasteiger partial charge in [0.25, 0.3) is 0 Å². The van der Waals surface area contributed by atoms with Gasteiger partial charge in [-0.1, -0.05) is 19.3 Å². The number of carbonyl (C=O) groups excluding carboxylic acids is 1. The van der Waals surface area contributed by atoms with E-state index >= 15 is 0 Å². The van der Waals surface area contributed by atoms with Crippen LogP contribution in [0, 0.1) is 11.8 Å². The molecule has 2 saturated carbocycles. The Labute approximate surface area is 131 Å². The zero-order valence-electron chi connectivity index (χ0n) is 12.9. The van der Waals surface area contributed by atoms with Crippen molar-refractivity contribution in [2.24, 2.45) is 11.8 Å². The summed E-state index contributed by atoms with van der Waals surface area (Å²) in [5.41, 5.74) is 0. The Balaban J connectivity index is 1.78. The molecule has 2 aliphatic carbocycles. The van der Waals surface area contributed by atoms with Crippen molar-refractivity contribution >= 4 is 23.6 Å². The van der Waals surface area contributed by atoms with Crippen molar-refractivity contribution in [2.45, 2.75) is 62.5 Å². The maximum Gasteiger partial charge on any atom is 0.306 e. The van der Waals surface area contributed by atoms with E-state index in [0.29, 0.717) is 12.8 Å². The molecule has 2 fully saturated rings. The molecule has 0 atom stereocenters. The maximum absolute atomic E-state index is 12.3. The minimum atomic E-state index is -0.711. The Morgan fingerprint density at radius 3 is 2.19 bits per heavy atom. The SMILES string of the molecule is CSC1(CNC(=O)C2CCC(C(=O)O)CC2)CCCCC1. The Morgan fingerprint density at radius 2 is 1.67 bits per heavy atom. The first-order valence-electron chi connectivity index (χ1n) is 8.12. The number of hydrogen-bond acceptors (Lipinski definition) is 3. The highest BCUT2D eigenvalue weighted by molar-refractivity contribution is 8.00. The van der Waals surface area contributed by atoms with E-state index in [4.69, 9.17) is 5.11 Å². The smallest absolute Gasteiger partial charge is 0.306 e. The van der Waals surface area contributed by atoms with E-state index in [1.54, 1.807) is 0 Å². The van der Waals surface area contributed by atoms with Crippen molar-refractivity contribution in [1.29, 1.82) is 0 Å². The number of thioether (sulfide) groups is 1. The van der Waals surface area contributed by atoms with E-state index in [1.807, 2.05) is 11.8 Å². The Hall–Kier alpha value is -0.710. The zero-order valence-corrected chi connectivity index (χ0v) is 13.7. The van der Waals surface area contributed by atoms with Crippen molar-refractivity contribution in [2.75, 3.05) is 12.8 Å². The van der Waals surface area contributed by atoms with Crippen LogP contribution in [0.4, 0.5) is 0 Å². The number of amides is 1. The molecule has 0 heterocycles. The van der Waals surface area contributed by atoms with Gasteiger partial charge in [-0.3, -0.25) is 9.59 Å². The molecular formula is C16H27NO3S. The average Bonchev–Trinajstić information content (AvgIpc) is 2.53. The van der Waals surface area contributed by atoms with Crippen molar-refractivity contribution in [3.63, 3.8) is 0 Å². The lowest BCUT2D eigenvalue weighted by atomic mass is 9.81. The summed E-state index contributed by atoms with van der Waals surface area (Å²) in [6.45, 7) is 0.770. The fraction of sp³-hybridized carbons (Fsp3) is 0.875. The molecule has 2 N–H and O–H groups in total. The molecule has 2 rings (SSSR count). The van der Waals surface area contributed by atoms with Crippen LogP contribution in [0.25, 0.3) is 0 Å². The summed E-state index contributed by atoms with van der Waals surface area (Å²) >= 11 is 1.89. The second kappa shape index (κ2) is 7.52. The number of carbonyl (C=O) groups is 2. The molecule has 0 aliphatic heterocycles. The summed E-state index contributed by atoms with van der Waals surface area (Å²) in [7, 11) is 0. The van der Waals surface area contributed by atoms with Crippen LogP contribution < -0.4 is 5.32 Å². The molecule has 4 nitrogen and oxygen atoms in total. The van der Waals surface area contributed by atoms with Crippen molar-refractivity contribution < 1.29 is 14.7 Å². The first kappa shape index (κ1) is 16.7. The monoisotopic (exact) mass is 313 g/mol. The summed E-state index contributed by atoms with van der Waals surface area (Å²) in [5, 5.41) is 12.1. The predicted octanol–water partition coefficient (Wildman–Crippen LogP) is 3.06. The number of rotatable bonds is 5. The Bertz CT molecular complexity index is 372. The molecule has 0 aromatic carbocycles. The van der Waals surface area contributed by atoms with Crippen molar-refractivity contribution in [1.82, 2.24) is 5.32 Å². The lowest BCUT2D eigenvalue weighted by Crippen LogP contribution is -2.44. The summed E-state index contributed by atoms with van der Waals surface area (Å²) in [4.78, 5) is 23.2. The highest BCUT2D eigenvalue weighted by Gasteiger charge is 2.34. The molecule has 0 unspecified atom stereocenters. The predicted molar refractivity (Wildman–Crippen MR) is 85.4 cm³/mol. The van der Waals surface area contributed by atoms with Crippen LogP contribution in [0.1, 0.15) is 57.8 Å². The summed E-state index contributed by atoms with van der Waals surface area (Å²) in [6.07, 6.45) is 11.1. The number of carboxylic acids is 1. The lowest BCUT2D eigenvalue weighted by molar-refractivity contribution is -0.144. The first-order chi connectivity index (χ1) is 10.1. The van der Waals surface area contributed by atoms with Crippen LogP contribution >= 0.6 is 11.8 Å². The number of nitrogens with one attached hydrogen (secondary N) is 1. The first-order valence-corrected chi connectivity index (χ1v) is 9.34. The zero-order chi connectivity index (χ0) is 15.3. The van der Waals surface area contributed by atoms with E-state index < -0.39 is 5.97 Å². The van der Waals surface area contributed by atoms with Crippen LogP contribution in [0.2, 0.25) is 0 Å². The molecular weight excluding hydrogens is 286 g/mol. The van der Waals surface area contributed by atoms with Gasteiger partial charge in [0, 0.05) is 17.2 Å². The summed E-state index contributed by atoms with van der Waals surface area (Å²) in [6, 6.07) is 0. The molecule has 0 spiro atoms. The topological polar surface area (TPSA) is 66.4 Å². The maximum atomic E-state index is 12.3. The van der Waals surface area contributed by atoms with E-state index in [2.05, 4.69) is 11.6 Å². The van der Waals surface area contributed by atoms with E-state index in [-0.39, 0.29) is 22.5 Å². The molecule has 5 heteroatoms. The number of carboxylic acid groups (broad SMARTS) is 1. The summed E-state index contributed by atoms with van der Waals surface area (Å²) in [5.74, 6) is -0.803. The van der Waals surface area contributed by atoms with Crippen LogP contribution in [-0.2, 0) is 9.59 Å². The lowest BCUT2D eigenvalue weighted by Gasteiger charge is -2.36. The van der Waals surface area contributed by atoms with Gasteiger partial charge >= 0.3 is 5.97 Å². The number of aliphatic carboxylic acids is 1. The minimum absolute atomic E-state index is 0.0168. The Morgan fingerprint density at radius 1 is 1.10 bits per heavy atom. The van der Waals surface area contributed by atoms with Gasteiger partial charge in [-0.2, -0.15) is 11.8 Å². The van der Waals surface area contributed by atoms with Crippen molar-refractivity contribution in [3.05, 3.63) is 0 Å². The van der Waals surface area contributed by atoms with Gasteiger partial charge in [0.1, 0.15) is 0 Å². The van der Waals surface area contributed by atoms with Gasteiger partial charge in [0.2, 0.25) is 5.91 Å². The molecule has 1 amide bonds. The Kier molecular flexibility index (Phi) is 5.97. The number of hydrogen-bond donors (Lipinski definition) is 2. The standard InChI is InChI=1S/C16H27NO3S/c1-21-16(9-3-2-4-10-16)11-17-14(18)12-5-7-13(8-6-12)15(19)20/h12-13H,2-11H2,1H3,(H,17,18)(H,19,20). The normalized spacial score (nSPS) is 28.8. The minimum Gasteiger partial charge on any atom is -0.481 e. The molecule has 2 aliphatic rings. The quantitative estimate of drug-likeness (QED) is 0.818. The highest BCUT2D eigenvalue weighted by atomic mass is 32.2. The van der Waals surface area contributed by atoms with Gasteiger partial charge < -0.3 is 10.4 Å². The molecule has 0 aromatic rings. The molecule has 120 valence electrons. The molecule has 21 heavy (non-hydrogen) atoms. The largest absolute Gasteiger partial charge is 0.481 e. The van der Waals surface area contributed by atoms with E-state index in [1.165, 1.54) is 32.1 Å². The molecule has 0 aromatic heterocycles. The van der Waals surface area contributed by atoms with Gasteiger partial charge in [0.15, 0.2) is 0 Å². The second-order valence-corrected chi connectivity index (χ2v) is 7.83. The van der Waals surface area contributed by atoms with E-state index in [0.717, 1.165) is 19.4 Å². The second-order valence-electron chi connectivity index (χ2n) is 6.55. The van der Waals surface area contributed by atoms with E-state index in [9.17, 15) is 9.59 Å².